The van der Waals surface area contributed by atoms with Crippen LogP contribution >= 0.6 is 11.8 Å². The molecule has 2 heteroatoms. The minimum atomic E-state index is 0.785. The van der Waals surface area contributed by atoms with Gasteiger partial charge in [0.15, 0.2) is 0 Å². The highest BCUT2D eigenvalue weighted by atomic mass is 32.2. The maximum atomic E-state index is 3.75. The van der Waals surface area contributed by atoms with Gasteiger partial charge in [0.2, 0.25) is 0 Å². The fourth-order valence-corrected chi connectivity index (χ4v) is 3.07. The van der Waals surface area contributed by atoms with Crippen LogP contribution in [0.4, 0.5) is 0 Å². The van der Waals surface area contributed by atoms with Crippen molar-refractivity contribution in [3.05, 3.63) is 0 Å². The Balaban J connectivity index is 2.26. The first-order valence-electron chi connectivity index (χ1n) is 6.04. The average Bonchev–Trinajstić information content (AvgIpc) is 2.26. The van der Waals surface area contributed by atoms with Crippen molar-refractivity contribution < 1.29 is 0 Å². The van der Waals surface area contributed by atoms with Crippen LogP contribution in [0.2, 0.25) is 0 Å². The number of thioether (sulfide) groups is 1. The summed E-state index contributed by atoms with van der Waals surface area (Å²) in [5.41, 5.74) is 0. The predicted molar refractivity (Wildman–Crippen MR) is 67.0 cm³/mol. The molecular weight excluding hydrogens is 190 g/mol. The molecule has 3 atom stereocenters. The second-order valence-corrected chi connectivity index (χ2v) is 5.66. The van der Waals surface area contributed by atoms with Crippen molar-refractivity contribution >= 4 is 11.8 Å². The van der Waals surface area contributed by atoms with E-state index in [0.29, 0.717) is 0 Å². The molecule has 14 heavy (non-hydrogen) atoms. The van der Waals surface area contributed by atoms with E-state index in [0.717, 1.165) is 17.2 Å². The molecule has 0 heterocycles. The predicted octanol–water partition coefficient (Wildman–Crippen LogP) is 3.30. The van der Waals surface area contributed by atoms with Crippen molar-refractivity contribution in [3.8, 4) is 0 Å². The van der Waals surface area contributed by atoms with Crippen LogP contribution in [0, 0.1) is 5.92 Å². The molecule has 1 aliphatic rings. The average molecular weight is 215 g/mol. The lowest BCUT2D eigenvalue weighted by Gasteiger charge is -2.31. The lowest BCUT2D eigenvalue weighted by atomic mass is 9.94. The molecule has 3 unspecified atom stereocenters. The zero-order valence-electron chi connectivity index (χ0n) is 9.88. The van der Waals surface area contributed by atoms with E-state index in [1.54, 1.807) is 0 Å². The minimum absolute atomic E-state index is 0.785. The van der Waals surface area contributed by atoms with Crippen molar-refractivity contribution in [1.82, 2.24) is 5.32 Å². The van der Waals surface area contributed by atoms with Gasteiger partial charge >= 0.3 is 0 Å². The molecule has 0 amide bonds. The van der Waals surface area contributed by atoms with Crippen LogP contribution in [0.3, 0.4) is 0 Å². The lowest BCUT2D eigenvalue weighted by Crippen LogP contribution is -2.42. The van der Waals surface area contributed by atoms with E-state index in [1.165, 1.54) is 38.6 Å². The zero-order valence-corrected chi connectivity index (χ0v) is 10.7. The maximum Gasteiger partial charge on any atom is 0.0198 e. The fraction of sp³-hybridized carbons (Fsp3) is 1.00. The topological polar surface area (TPSA) is 12.0 Å². The molecule has 1 N–H and O–H groups in total. The van der Waals surface area contributed by atoms with E-state index in [2.05, 4.69) is 37.2 Å². The molecule has 1 rings (SSSR count). The van der Waals surface area contributed by atoms with Gasteiger partial charge in [0.1, 0.15) is 0 Å². The molecule has 0 spiro atoms. The normalized spacial score (nSPS) is 30.2. The molecule has 0 bridgehead atoms. The molecule has 1 nitrogen and oxygen atoms in total. The Hall–Kier alpha value is 0.310. The Labute approximate surface area is 93.4 Å². The number of rotatable bonds is 5. The summed E-state index contributed by atoms with van der Waals surface area (Å²) < 4.78 is 0. The van der Waals surface area contributed by atoms with Crippen LogP contribution in [0.1, 0.15) is 46.0 Å². The third kappa shape index (κ3) is 3.82. The molecule has 0 radical (unpaired) electrons. The van der Waals surface area contributed by atoms with E-state index in [1.807, 2.05) is 0 Å². The van der Waals surface area contributed by atoms with Gasteiger partial charge in [0.25, 0.3) is 0 Å². The van der Waals surface area contributed by atoms with Gasteiger partial charge < -0.3 is 5.32 Å². The Bertz CT molecular complexity index is 149. The number of nitrogens with one attached hydrogen (secondary N) is 1. The zero-order chi connectivity index (χ0) is 10.4. The van der Waals surface area contributed by atoms with E-state index < -0.39 is 0 Å². The van der Waals surface area contributed by atoms with Gasteiger partial charge in [-0.3, -0.25) is 0 Å². The standard InChI is InChI=1S/C12H25NS/c1-4-10(2)9-13-11-7-5-6-8-12(11)14-3/h10-13H,4-9H2,1-3H3. The summed E-state index contributed by atoms with van der Waals surface area (Å²) >= 11 is 2.05. The van der Waals surface area contributed by atoms with Crippen molar-refractivity contribution in [3.63, 3.8) is 0 Å². The van der Waals surface area contributed by atoms with E-state index in [4.69, 9.17) is 0 Å². The third-order valence-electron chi connectivity index (χ3n) is 3.43. The minimum Gasteiger partial charge on any atom is -0.313 e. The highest BCUT2D eigenvalue weighted by Gasteiger charge is 2.23. The van der Waals surface area contributed by atoms with Crippen molar-refractivity contribution in [2.75, 3.05) is 12.8 Å². The first-order valence-corrected chi connectivity index (χ1v) is 7.32. The first kappa shape index (κ1) is 12.4. The van der Waals surface area contributed by atoms with Crippen molar-refractivity contribution in [2.45, 2.75) is 57.2 Å². The van der Waals surface area contributed by atoms with Crippen LogP contribution in [-0.2, 0) is 0 Å². The Kier molecular flexibility index (Phi) is 5.95. The van der Waals surface area contributed by atoms with E-state index in [9.17, 15) is 0 Å². The number of hydrogen-bond acceptors (Lipinski definition) is 2. The summed E-state index contributed by atoms with van der Waals surface area (Å²) in [6, 6.07) is 0.785. The highest BCUT2D eigenvalue weighted by Crippen LogP contribution is 2.27. The molecule has 0 aromatic rings. The van der Waals surface area contributed by atoms with Crippen LogP contribution in [0.25, 0.3) is 0 Å². The Morgan fingerprint density at radius 1 is 1.36 bits per heavy atom. The van der Waals surface area contributed by atoms with Crippen molar-refractivity contribution in [2.24, 2.45) is 5.92 Å². The summed E-state index contributed by atoms with van der Waals surface area (Å²) in [5.74, 6) is 0.833. The third-order valence-corrected chi connectivity index (χ3v) is 4.60. The summed E-state index contributed by atoms with van der Waals surface area (Å²) in [5, 5.41) is 4.62. The summed E-state index contributed by atoms with van der Waals surface area (Å²) in [6.07, 6.45) is 9.22. The van der Waals surface area contributed by atoms with E-state index in [-0.39, 0.29) is 0 Å². The molecule has 84 valence electrons. The molecule has 0 saturated heterocycles. The SMILES string of the molecule is CCC(C)CNC1CCCCC1SC. The molecule has 1 saturated carbocycles. The smallest absolute Gasteiger partial charge is 0.0198 e. The first-order chi connectivity index (χ1) is 6.77. The van der Waals surface area contributed by atoms with Crippen LogP contribution < -0.4 is 5.32 Å². The van der Waals surface area contributed by atoms with Crippen molar-refractivity contribution in [1.29, 1.82) is 0 Å². The monoisotopic (exact) mass is 215 g/mol. The lowest BCUT2D eigenvalue weighted by molar-refractivity contribution is 0.359. The van der Waals surface area contributed by atoms with Gasteiger partial charge in [-0.2, -0.15) is 11.8 Å². The van der Waals surface area contributed by atoms with E-state index >= 15 is 0 Å². The Morgan fingerprint density at radius 3 is 2.71 bits per heavy atom. The molecule has 1 aliphatic carbocycles. The Morgan fingerprint density at radius 2 is 2.07 bits per heavy atom. The summed E-state index contributed by atoms with van der Waals surface area (Å²) in [4.78, 5) is 0. The summed E-state index contributed by atoms with van der Waals surface area (Å²) in [7, 11) is 0. The number of hydrogen-bond donors (Lipinski definition) is 1. The van der Waals surface area contributed by atoms with Gasteiger partial charge in [-0.25, -0.2) is 0 Å². The van der Waals surface area contributed by atoms with Gasteiger partial charge in [-0.15, -0.1) is 0 Å². The molecule has 0 aliphatic heterocycles. The molecule has 0 aromatic heterocycles. The summed E-state index contributed by atoms with van der Waals surface area (Å²) in [6.45, 7) is 5.82. The van der Waals surface area contributed by atoms with Gasteiger partial charge in [0, 0.05) is 11.3 Å². The van der Waals surface area contributed by atoms with Crippen LogP contribution in [0.5, 0.6) is 0 Å². The maximum absolute atomic E-state index is 3.75. The quantitative estimate of drug-likeness (QED) is 0.755. The fourth-order valence-electron chi connectivity index (χ4n) is 2.11. The second-order valence-electron chi connectivity index (χ2n) is 4.59. The second kappa shape index (κ2) is 6.73. The molecule has 0 aromatic carbocycles. The molecule has 1 fully saturated rings. The largest absolute Gasteiger partial charge is 0.313 e. The van der Waals surface area contributed by atoms with Gasteiger partial charge in [0.05, 0.1) is 0 Å². The van der Waals surface area contributed by atoms with Crippen LogP contribution in [0.15, 0.2) is 0 Å². The van der Waals surface area contributed by atoms with Gasteiger partial charge in [-0.1, -0.05) is 33.1 Å². The highest BCUT2D eigenvalue weighted by molar-refractivity contribution is 7.99. The van der Waals surface area contributed by atoms with Gasteiger partial charge in [-0.05, 0) is 31.6 Å². The van der Waals surface area contributed by atoms with Crippen LogP contribution in [-0.4, -0.2) is 24.1 Å². The molecular formula is C12H25NS.